The van der Waals surface area contributed by atoms with Gasteiger partial charge in [0, 0.05) is 25.7 Å². The van der Waals surface area contributed by atoms with Gasteiger partial charge in [0.2, 0.25) is 5.91 Å². The second kappa shape index (κ2) is 6.87. The number of amides is 1. The van der Waals surface area contributed by atoms with E-state index in [1.165, 1.54) is 0 Å². The van der Waals surface area contributed by atoms with Crippen molar-refractivity contribution in [1.82, 2.24) is 10.2 Å². The Morgan fingerprint density at radius 1 is 1.45 bits per heavy atom. The zero-order chi connectivity index (χ0) is 14.6. The first kappa shape index (κ1) is 15.7. The van der Waals surface area contributed by atoms with Gasteiger partial charge in [-0.3, -0.25) is 15.0 Å². The number of nitrogens with two attached hydrogens (primary N) is 1. The van der Waals surface area contributed by atoms with E-state index in [9.17, 15) is 4.79 Å². The average Bonchev–Trinajstić information content (AvgIpc) is 3.20. The summed E-state index contributed by atoms with van der Waals surface area (Å²) in [5.74, 6) is -0.249. The normalized spacial score (nSPS) is 27.2. The summed E-state index contributed by atoms with van der Waals surface area (Å²) in [5, 5.41) is 3.42. The van der Waals surface area contributed by atoms with Crippen LogP contribution < -0.4 is 11.1 Å². The van der Waals surface area contributed by atoms with Crippen LogP contribution in [0.5, 0.6) is 0 Å². The van der Waals surface area contributed by atoms with E-state index in [1.54, 1.807) is 0 Å². The number of rotatable bonds is 8. The highest BCUT2D eigenvalue weighted by Gasteiger charge is 2.39. The Hall–Kier alpha value is -0.650. The Balaban J connectivity index is 1.87. The molecule has 1 amide bonds. The van der Waals surface area contributed by atoms with E-state index < -0.39 is 5.54 Å². The van der Waals surface area contributed by atoms with Crippen LogP contribution in [0.15, 0.2) is 0 Å². The lowest BCUT2D eigenvalue weighted by atomic mass is 9.98. The van der Waals surface area contributed by atoms with Crippen molar-refractivity contribution in [1.29, 1.82) is 0 Å². The third-order valence-electron chi connectivity index (χ3n) is 4.20. The molecule has 2 fully saturated rings. The summed E-state index contributed by atoms with van der Waals surface area (Å²) < 4.78 is 5.85. The number of likely N-dealkylation sites (tertiary alicyclic amines) is 1. The molecule has 1 saturated heterocycles. The molecule has 116 valence electrons. The van der Waals surface area contributed by atoms with Crippen molar-refractivity contribution in [3.8, 4) is 0 Å². The molecule has 1 saturated carbocycles. The van der Waals surface area contributed by atoms with Crippen molar-refractivity contribution < 1.29 is 9.53 Å². The van der Waals surface area contributed by atoms with E-state index in [0.717, 1.165) is 51.8 Å². The maximum atomic E-state index is 11.8. The highest BCUT2D eigenvalue weighted by atomic mass is 16.5. The van der Waals surface area contributed by atoms with E-state index in [-0.39, 0.29) is 5.91 Å². The minimum Gasteiger partial charge on any atom is -0.377 e. The summed E-state index contributed by atoms with van der Waals surface area (Å²) in [4.78, 5) is 14.1. The maximum absolute atomic E-state index is 11.8. The highest BCUT2D eigenvalue weighted by Crippen LogP contribution is 2.24. The molecule has 0 aromatic heterocycles. The molecule has 20 heavy (non-hydrogen) atoms. The lowest BCUT2D eigenvalue weighted by molar-refractivity contribution is -0.125. The van der Waals surface area contributed by atoms with Crippen LogP contribution in [0.1, 0.15) is 46.0 Å². The number of nitrogens with zero attached hydrogens (tertiary/aromatic N) is 1. The Morgan fingerprint density at radius 2 is 2.20 bits per heavy atom. The standard InChI is InChI=1S/C15H29N3O2/c1-3-9-20-13-5-4-8-18(10-13)11-15(2,14(16)19)17-12-6-7-12/h12-13,17H,3-11H2,1-2H3,(H2,16,19). The average molecular weight is 283 g/mol. The van der Waals surface area contributed by atoms with Crippen LogP contribution in [0.3, 0.4) is 0 Å². The Labute approximate surface area is 122 Å². The molecule has 2 rings (SSSR count). The lowest BCUT2D eigenvalue weighted by Gasteiger charge is -2.38. The summed E-state index contributed by atoms with van der Waals surface area (Å²) in [6.45, 7) is 7.52. The molecule has 0 radical (unpaired) electrons. The number of nitrogens with one attached hydrogen (secondary N) is 1. The molecule has 2 atom stereocenters. The molecular weight excluding hydrogens is 254 g/mol. The zero-order valence-electron chi connectivity index (χ0n) is 12.9. The smallest absolute Gasteiger partial charge is 0.238 e. The number of carbonyl (C=O) groups excluding carboxylic acids is 1. The van der Waals surface area contributed by atoms with E-state index >= 15 is 0 Å². The van der Waals surface area contributed by atoms with Gasteiger partial charge in [0.15, 0.2) is 0 Å². The summed E-state index contributed by atoms with van der Waals surface area (Å²) in [5.41, 5.74) is 5.00. The summed E-state index contributed by atoms with van der Waals surface area (Å²) in [6, 6.07) is 0.476. The first-order valence-electron chi connectivity index (χ1n) is 7.95. The number of hydrogen-bond donors (Lipinski definition) is 2. The predicted octanol–water partition coefficient (Wildman–Crippen LogP) is 0.873. The third-order valence-corrected chi connectivity index (χ3v) is 4.20. The summed E-state index contributed by atoms with van der Waals surface area (Å²) >= 11 is 0. The van der Waals surface area contributed by atoms with Gasteiger partial charge in [0.05, 0.1) is 6.10 Å². The number of ether oxygens (including phenoxy) is 1. The highest BCUT2D eigenvalue weighted by molar-refractivity contribution is 5.84. The van der Waals surface area contributed by atoms with E-state index in [0.29, 0.717) is 18.7 Å². The number of carbonyl (C=O) groups is 1. The van der Waals surface area contributed by atoms with Crippen molar-refractivity contribution in [2.75, 3.05) is 26.2 Å². The van der Waals surface area contributed by atoms with Gasteiger partial charge in [-0.05, 0) is 45.6 Å². The molecule has 5 heteroatoms. The van der Waals surface area contributed by atoms with Crippen molar-refractivity contribution in [2.24, 2.45) is 5.73 Å². The van der Waals surface area contributed by atoms with E-state index in [2.05, 4.69) is 17.1 Å². The molecule has 1 aliphatic heterocycles. The summed E-state index contributed by atoms with van der Waals surface area (Å²) in [7, 11) is 0. The fraction of sp³-hybridized carbons (Fsp3) is 0.933. The molecule has 3 N–H and O–H groups in total. The van der Waals surface area contributed by atoms with E-state index in [1.807, 2.05) is 6.92 Å². The zero-order valence-corrected chi connectivity index (χ0v) is 12.9. The van der Waals surface area contributed by atoms with Crippen LogP contribution in [0.25, 0.3) is 0 Å². The van der Waals surface area contributed by atoms with Crippen molar-refractivity contribution in [3.05, 3.63) is 0 Å². The lowest BCUT2D eigenvalue weighted by Crippen LogP contribution is -2.61. The summed E-state index contributed by atoms with van der Waals surface area (Å²) in [6.07, 6.45) is 5.93. The molecule has 5 nitrogen and oxygen atoms in total. The van der Waals surface area contributed by atoms with Crippen LogP contribution in [0.2, 0.25) is 0 Å². The molecule has 0 spiro atoms. The first-order valence-corrected chi connectivity index (χ1v) is 7.95. The van der Waals surface area contributed by atoms with Gasteiger partial charge in [-0.15, -0.1) is 0 Å². The minimum atomic E-state index is -0.617. The molecule has 0 aromatic carbocycles. The second-order valence-corrected chi connectivity index (χ2v) is 6.49. The fourth-order valence-corrected chi connectivity index (χ4v) is 2.90. The third kappa shape index (κ3) is 4.43. The van der Waals surface area contributed by atoms with Crippen LogP contribution in [0.4, 0.5) is 0 Å². The van der Waals surface area contributed by atoms with Gasteiger partial charge >= 0.3 is 0 Å². The molecular formula is C15H29N3O2. The quantitative estimate of drug-likeness (QED) is 0.694. The molecule has 1 heterocycles. The minimum absolute atomic E-state index is 0.249. The SMILES string of the molecule is CCCOC1CCCN(CC(C)(NC2CC2)C(N)=O)C1. The number of hydrogen-bond acceptors (Lipinski definition) is 4. The molecule has 0 bridgehead atoms. The van der Waals surface area contributed by atoms with Crippen molar-refractivity contribution in [3.63, 3.8) is 0 Å². The van der Waals surface area contributed by atoms with Crippen LogP contribution >= 0.6 is 0 Å². The topological polar surface area (TPSA) is 67.6 Å². The van der Waals surface area contributed by atoms with Gasteiger partial charge < -0.3 is 10.5 Å². The van der Waals surface area contributed by atoms with Crippen LogP contribution in [-0.4, -0.2) is 54.7 Å². The molecule has 2 aliphatic rings. The largest absolute Gasteiger partial charge is 0.377 e. The fourth-order valence-electron chi connectivity index (χ4n) is 2.90. The number of primary amides is 1. The van der Waals surface area contributed by atoms with Gasteiger partial charge in [-0.2, -0.15) is 0 Å². The maximum Gasteiger partial charge on any atom is 0.238 e. The van der Waals surface area contributed by atoms with Crippen molar-refractivity contribution in [2.45, 2.75) is 63.6 Å². The van der Waals surface area contributed by atoms with Gasteiger partial charge in [0.25, 0.3) is 0 Å². The van der Waals surface area contributed by atoms with Gasteiger partial charge in [-0.25, -0.2) is 0 Å². The Kier molecular flexibility index (Phi) is 5.41. The molecule has 0 aromatic rings. The van der Waals surface area contributed by atoms with Crippen LogP contribution in [-0.2, 0) is 9.53 Å². The molecule has 2 unspecified atom stereocenters. The van der Waals surface area contributed by atoms with Crippen LogP contribution in [0, 0.1) is 0 Å². The Bertz CT molecular complexity index is 333. The van der Waals surface area contributed by atoms with Gasteiger partial charge in [0.1, 0.15) is 5.54 Å². The molecule has 1 aliphatic carbocycles. The second-order valence-electron chi connectivity index (χ2n) is 6.49. The van der Waals surface area contributed by atoms with Gasteiger partial charge in [-0.1, -0.05) is 6.92 Å². The van der Waals surface area contributed by atoms with E-state index in [4.69, 9.17) is 10.5 Å². The monoisotopic (exact) mass is 283 g/mol. The van der Waals surface area contributed by atoms with Crippen molar-refractivity contribution >= 4 is 5.91 Å². The number of piperidine rings is 1. The Morgan fingerprint density at radius 3 is 2.80 bits per heavy atom. The predicted molar refractivity (Wildman–Crippen MR) is 79.5 cm³/mol. The first-order chi connectivity index (χ1) is 9.53.